The molecule has 1 atom stereocenters. The summed E-state index contributed by atoms with van der Waals surface area (Å²) in [6, 6.07) is 5.46. The molecule has 110 valence electrons. The topological polar surface area (TPSA) is 72.3 Å². The fraction of sp³-hybridized carbons (Fsp3) is 0.357. The number of halogens is 1. The van der Waals surface area contributed by atoms with Gasteiger partial charge in [0.25, 0.3) is 0 Å². The molecule has 0 bridgehead atoms. The van der Waals surface area contributed by atoms with Gasteiger partial charge in [0.05, 0.1) is 0 Å². The standard InChI is InChI=1S/C14H13BrN2O3S/c15-9-3-4-12(10(6-9)11-7-21-17-16-11)20-13(14(18)19)5-8-1-2-8/h3-4,6-8,13H,1-2,5H2,(H,18,19)/t13-/m0/s1. The Balaban J connectivity index is 1.88. The average Bonchev–Trinajstić information content (AvgIpc) is 3.10. The molecule has 2 aromatic rings. The molecule has 0 radical (unpaired) electrons. The van der Waals surface area contributed by atoms with Crippen LogP contribution in [0.1, 0.15) is 19.3 Å². The number of aliphatic carboxylic acids is 1. The minimum atomic E-state index is -0.924. The van der Waals surface area contributed by atoms with E-state index in [1.807, 2.05) is 17.5 Å². The first-order valence-electron chi connectivity index (χ1n) is 6.60. The zero-order chi connectivity index (χ0) is 14.8. The van der Waals surface area contributed by atoms with Crippen molar-refractivity contribution < 1.29 is 14.6 Å². The molecule has 1 aliphatic carbocycles. The predicted molar refractivity (Wildman–Crippen MR) is 82.4 cm³/mol. The highest BCUT2D eigenvalue weighted by Crippen LogP contribution is 2.37. The summed E-state index contributed by atoms with van der Waals surface area (Å²) >= 11 is 4.66. The maximum atomic E-state index is 11.4. The van der Waals surface area contributed by atoms with E-state index in [1.54, 1.807) is 6.07 Å². The van der Waals surface area contributed by atoms with E-state index in [4.69, 9.17) is 4.74 Å². The first kappa shape index (κ1) is 14.5. The quantitative estimate of drug-likeness (QED) is 0.842. The molecule has 0 saturated heterocycles. The second-order valence-corrected chi connectivity index (χ2v) is 6.58. The minimum absolute atomic E-state index is 0.478. The van der Waals surface area contributed by atoms with Crippen LogP contribution in [0.5, 0.6) is 5.75 Å². The second-order valence-electron chi connectivity index (χ2n) is 5.05. The highest BCUT2D eigenvalue weighted by Gasteiger charge is 2.31. The summed E-state index contributed by atoms with van der Waals surface area (Å²) in [5.41, 5.74) is 1.44. The molecule has 1 fully saturated rings. The highest BCUT2D eigenvalue weighted by atomic mass is 79.9. The van der Waals surface area contributed by atoms with Gasteiger partial charge in [-0.15, -0.1) is 5.10 Å². The summed E-state index contributed by atoms with van der Waals surface area (Å²) in [7, 11) is 0. The summed E-state index contributed by atoms with van der Waals surface area (Å²) in [5.74, 6) is 0.0806. The number of nitrogens with zero attached hydrogens (tertiary/aromatic N) is 2. The molecule has 1 heterocycles. The molecular weight excluding hydrogens is 356 g/mol. The van der Waals surface area contributed by atoms with E-state index in [1.165, 1.54) is 11.5 Å². The van der Waals surface area contributed by atoms with Gasteiger partial charge in [0, 0.05) is 15.4 Å². The smallest absolute Gasteiger partial charge is 0.344 e. The highest BCUT2D eigenvalue weighted by molar-refractivity contribution is 9.10. The van der Waals surface area contributed by atoms with Crippen LogP contribution in [-0.2, 0) is 4.79 Å². The Hall–Kier alpha value is -1.47. The van der Waals surface area contributed by atoms with Crippen molar-refractivity contribution >= 4 is 33.4 Å². The molecule has 1 aromatic carbocycles. The zero-order valence-electron chi connectivity index (χ0n) is 11.0. The van der Waals surface area contributed by atoms with E-state index < -0.39 is 12.1 Å². The fourth-order valence-electron chi connectivity index (χ4n) is 2.10. The molecule has 0 amide bonds. The van der Waals surface area contributed by atoms with Crippen LogP contribution in [0.25, 0.3) is 11.3 Å². The molecule has 1 saturated carbocycles. The zero-order valence-corrected chi connectivity index (χ0v) is 13.4. The lowest BCUT2D eigenvalue weighted by Crippen LogP contribution is -2.27. The molecule has 1 aromatic heterocycles. The normalized spacial score (nSPS) is 15.7. The third-order valence-electron chi connectivity index (χ3n) is 3.37. The Morgan fingerprint density at radius 3 is 2.95 bits per heavy atom. The second kappa shape index (κ2) is 6.11. The predicted octanol–water partition coefficient (Wildman–Crippen LogP) is 3.60. The number of hydrogen-bond acceptors (Lipinski definition) is 5. The fourth-order valence-corrected chi connectivity index (χ4v) is 2.91. The molecule has 0 aliphatic heterocycles. The van der Waals surface area contributed by atoms with Gasteiger partial charge in [-0.05, 0) is 42.1 Å². The van der Waals surface area contributed by atoms with Gasteiger partial charge in [0.15, 0.2) is 6.10 Å². The molecular formula is C14H13BrN2O3S. The van der Waals surface area contributed by atoms with Crippen LogP contribution in [0.4, 0.5) is 0 Å². The van der Waals surface area contributed by atoms with Crippen LogP contribution >= 0.6 is 27.5 Å². The van der Waals surface area contributed by atoms with Gasteiger partial charge in [-0.3, -0.25) is 0 Å². The summed E-state index contributed by atoms with van der Waals surface area (Å²) in [4.78, 5) is 11.4. The van der Waals surface area contributed by atoms with Crippen molar-refractivity contribution in [3.05, 3.63) is 28.1 Å². The van der Waals surface area contributed by atoms with Crippen LogP contribution in [0, 0.1) is 5.92 Å². The van der Waals surface area contributed by atoms with Gasteiger partial charge in [0.2, 0.25) is 0 Å². The van der Waals surface area contributed by atoms with E-state index >= 15 is 0 Å². The number of hydrogen-bond donors (Lipinski definition) is 1. The van der Waals surface area contributed by atoms with Gasteiger partial charge < -0.3 is 9.84 Å². The largest absolute Gasteiger partial charge is 0.479 e. The Morgan fingerprint density at radius 2 is 2.33 bits per heavy atom. The van der Waals surface area contributed by atoms with Crippen LogP contribution in [-0.4, -0.2) is 26.8 Å². The molecule has 3 rings (SSSR count). The van der Waals surface area contributed by atoms with Crippen molar-refractivity contribution in [3.63, 3.8) is 0 Å². The lowest BCUT2D eigenvalue weighted by molar-refractivity contribution is -0.145. The van der Waals surface area contributed by atoms with Crippen LogP contribution in [0.2, 0.25) is 0 Å². The number of carbonyl (C=O) groups is 1. The Bertz CT molecular complexity index is 644. The van der Waals surface area contributed by atoms with Gasteiger partial charge in [-0.25, -0.2) is 4.79 Å². The van der Waals surface area contributed by atoms with Crippen LogP contribution in [0.3, 0.4) is 0 Å². The third-order valence-corrected chi connectivity index (χ3v) is 4.36. The summed E-state index contributed by atoms with van der Waals surface area (Å²) in [6.45, 7) is 0. The number of carboxylic acids is 1. The van der Waals surface area contributed by atoms with Crippen molar-refractivity contribution in [2.45, 2.75) is 25.4 Å². The molecule has 5 nitrogen and oxygen atoms in total. The maximum Gasteiger partial charge on any atom is 0.344 e. The monoisotopic (exact) mass is 368 g/mol. The van der Waals surface area contributed by atoms with E-state index in [2.05, 4.69) is 25.5 Å². The molecule has 7 heteroatoms. The van der Waals surface area contributed by atoms with Crippen molar-refractivity contribution in [3.8, 4) is 17.0 Å². The van der Waals surface area contributed by atoms with E-state index in [0.29, 0.717) is 23.8 Å². The molecule has 0 spiro atoms. The van der Waals surface area contributed by atoms with Gasteiger partial charge in [-0.1, -0.05) is 33.3 Å². The molecule has 21 heavy (non-hydrogen) atoms. The minimum Gasteiger partial charge on any atom is -0.479 e. The number of aromatic nitrogens is 2. The Morgan fingerprint density at radius 1 is 1.52 bits per heavy atom. The van der Waals surface area contributed by atoms with Crippen molar-refractivity contribution in [2.24, 2.45) is 5.92 Å². The van der Waals surface area contributed by atoms with Crippen molar-refractivity contribution in [1.29, 1.82) is 0 Å². The molecule has 1 aliphatic rings. The first-order valence-corrected chi connectivity index (χ1v) is 8.23. The van der Waals surface area contributed by atoms with Gasteiger partial charge in [-0.2, -0.15) is 0 Å². The number of rotatable bonds is 6. The third kappa shape index (κ3) is 3.59. The first-order chi connectivity index (χ1) is 10.1. The summed E-state index contributed by atoms with van der Waals surface area (Å²) < 4.78 is 10.5. The Kier molecular flexibility index (Phi) is 4.21. The Labute approximate surface area is 134 Å². The maximum absolute atomic E-state index is 11.4. The number of carboxylic acid groups (broad SMARTS) is 1. The van der Waals surface area contributed by atoms with Gasteiger partial charge >= 0.3 is 5.97 Å². The summed E-state index contributed by atoms with van der Waals surface area (Å²) in [6.07, 6.45) is 1.93. The number of ether oxygens (including phenoxy) is 1. The lowest BCUT2D eigenvalue weighted by atomic mass is 10.1. The lowest BCUT2D eigenvalue weighted by Gasteiger charge is -2.17. The summed E-state index contributed by atoms with van der Waals surface area (Å²) in [5, 5.41) is 15.2. The van der Waals surface area contributed by atoms with Crippen molar-refractivity contribution in [2.75, 3.05) is 0 Å². The molecule has 0 unspecified atom stereocenters. The van der Waals surface area contributed by atoms with E-state index in [9.17, 15) is 9.90 Å². The van der Waals surface area contributed by atoms with E-state index in [0.717, 1.165) is 22.9 Å². The number of benzene rings is 1. The average molecular weight is 369 g/mol. The van der Waals surface area contributed by atoms with Crippen molar-refractivity contribution in [1.82, 2.24) is 9.59 Å². The van der Waals surface area contributed by atoms with E-state index in [-0.39, 0.29) is 0 Å². The molecule has 1 N–H and O–H groups in total. The van der Waals surface area contributed by atoms with Crippen LogP contribution in [0.15, 0.2) is 28.1 Å². The SMILES string of the molecule is O=C(O)[C@H](CC1CC1)Oc1ccc(Br)cc1-c1csnn1. The van der Waals surface area contributed by atoms with Gasteiger partial charge in [0.1, 0.15) is 11.4 Å². The van der Waals surface area contributed by atoms with Crippen LogP contribution < -0.4 is 4.74 Å².